The van der Waals surface area contributed by atoms with Crippen LogP contribution in [-0.2, 0) is 4.74 Å². The number of hydrogen-bond donors (Lipinski definition) is 2. The summed E-state index contributed by atoms with van der Waals surface area (Å²) in [6.07, 6.45) is 4.24. The van der Waals surface area contributed by atoms with Crippen LogP contribution < -0.4 is 0 Å². The number of unbranched alkanes of at least 4 members (excludes halogenated alkanes) is 1. The van der Waals surface area contributed by atoms with E-state index in [4.69, 9.17) is 17.0 Å². The van der Waals surface area contributed by atoms with E-state index in [9.17, 15) is 5.11 Å². The van der Waals surface area contributed by atoms with Gasteiger partial charge in [-0.2, -0.15) is 5.10 Å². The van der Waals surface area contributed by atoms with Gasteiger partial charge in [-0.1, -0.05) is 44.9 Å². The smallest absolute Gasteiger partial charge is 0.199 e. The number of benzene rings is 1. The Bertz CT molecular complexity index is 669. The quantitative estimate of drug-likeness (QED) is 0.459. The van der Waals surface area contributed by atoms with Crippen molar-refractivity contribution in [3.8, 4) is 5.69 Å². The molecule has 1 aromatic carbocycles. The van der Waals surface area contributed by atoms with E-state index in [1.807, 2.05) is 34.9 Å². The number of rotatable bonds is 11. The molecule has 0 aliphatic heterocycles. The molecular weight excluding hydrogens is 334 g/mol. The lowest BCUT2D eigenvalue weighted by molar-refractivity contribution is 0.0281. The van der Waals surface area contributed by atoms with Crippen molar-refractivity contribution < 1.29 is 9.84 Å². The van der Waals surface area contributed by atoms with E-state index < -0.39 is 6.10 Å². The highest BCUT2D eigenvalue weighted by molar-refractivity contribution is 7.71. The molecule has 0 amide bonds. The molecule has 0 spiro atoms. The van der Waals surface area contributed by atoms with Crippen LogP contribution >= 0.6 is 12.2 Å². The number of aliphatic hydroxyl groups excluding tert-OH is 1. The van der Waals surface area contributed by atoms with E-state index in [1.54, 1.807) is 0 Å². The molecule has 0 aliphatic carbocycles. The van der Waals surface area contributed by atoms with Crippen molar-refractivity contribution in [3.63, 3.8) is 0 Å². The molecule has 1 aromatic heterocycles. The zero-order valence-electron chi connectivity index (χ0n) is 15.1. The molecule has 138 valence electrons. The minimum atomic E-state index is -0.497. The van der Waals surface area contributed by atoms with Crippen molar-refractivity contribution in [2.45, 2.75) is 58.0 Å². The van der Waals surface area contributed by atoms with Gasteiger partial charge in [0, 0.05) is 18.2 Å². The number of hydrogen-bond acceptors (Lipinski definition) is 4. The van der Waals surface area contributed by atoms with Gasteiger partial charge >= 0.3 is 0 Å². The van der Waals surface area contributed by atoms with Crippen LogP contribution in [0.5, 0.6) is 0 Å². The molecular formula is C19H29N3O2S. The van der Waals surface area contributed by atoms with Gasteiger partial charge in [0.1, 0.15) is 5.82 Å². The number of aromatic nitrogens is 3. The fourth-order valence-corrected chi connectivity index (χ4v) is 3.22. The van der Waals surface area contributed by atoms with Crippen molar-refractivity contribution in [2.75, 3.05) is 13.2 Å². The summed E-state index contributed by atoms with van der Waals surface area (Å²) >= 11 is 5.44. The molecule has 6 heteroatoms. The van der Waals surface area contributed by atoms with Crippen molar-refractivity contribution in [3.05, 3.63) is 40.9 Å². The first-order chi connectivity index (χ1) is 12.2. The summed E-state index contributed by atoms with van der Waals surface area (Å²) in [6, 6.07) is 10.00. The van der Waals surface area contributed by atoms with Crippen LogP contribution in [0.4, 0.5) is 0 Å². The highest BCUT2D eigenvalue weighted by Crippen LogP contribution is 2.28. The Hall–Kier alpha value is -1.50. The Morgan fingerprint density at radius 2 is 2.00 bits per heavy atom. The molecule has 1 heterocycles. The van der Waals surface area contributed by atoms with Gasteiger partial charge in [0.2, 0.25) is 0 Å². The third-order valence-electron chi connectivity index (χ3n) is 4.20. The van der Waals surface area contributed by atoms with Gasteiger partial charge < -0.3 is 9.84 Å². The van der Waals surface area contributed by atoms with Crippen LogP contribution in [0.3, 0.4) is 0 Å². The summed E-state index contributed by atoms with van der Waals surface area (Å²) in [4.78, 5) is 0. The van der Waals surface area contributed by atoms with Crippen molar-refractivity contribution >= 4 is 12.2 Å². The molecule has 2 atom stereocenters. The predicted octanol–water partition coefficient (Wildman–Crippen LogP) is 4.38. The zero-order valence-corrected chi connectivity index (χ0v) is 16.0. The van der Waals surface area contributed by atoms with Gasteiger partial charge in [0.05, 0.1) is 12.7 Å². The lowest BCUT2D eigenvalue weighted by Crippen LogP contribution is -2.21. The van der Waals surface area contributed by atoms with Gasteiger partial charge in [-0.05, 0) is 43.6 Å². The van der Waals surface area contributed by atoms with Gasteiger partial charge in [-0.15, -0.1) is 0 Å². The maximum atomic E-state index is 10.4. The van der Waals surface area contributed by atoms with Crippen molar-refractivity contribution in [1.29, 1.82) is 0 Å². The molecule has 0 saturated heterocycles. The van der Waals surface area contributed by atoms with E-state index in [0.717, 1.165) is 37.2 Å². The number of aliphatic hydroxyl groups is 1. The molecule has 5 nitrogen and oxygen atoms in total. The molecule has 0 unspecified atom stereocenters. The Morgan fingerprint density at radius 3 is 2.68 bits per heavy atom. The molecule has 0 bridgehead atoms. The zero-order chi connectivity index (χ0) is 18.1. The van der Waals surface area contributed by atoms with Gasteiger partial charge in [0.15, 0.2) is 4.77 Å². The van der Waals surface area contributed by atoms with Crippen LogP contribution in [-0.4, -0.2) is 39.2 Å². The van der Waals surface area contributed by atoms with Crippen molar-refractivity contribution in [2.24, 2.45) is 0 Å². The molecule has 2 N–H and O–H groups in total. The highest BCUT2D eigenvalue weighted by atomic mass is 32.1. The molecule has 25 heavy (non-hydrogen) atoms. The predicted molar refractivity (Wildman–Crippen MR) is 103 cm³/mol. The molecule has 0 fully saturated rings. The topological polar surface area (TPSA) is 63.1 Å². The second-order valence-electron chi connectivity index (χ2n) is 6.36. The van der Waals surface area contributed by atoms with Crippen LogP contribution in [0, 0.1) is 4.77 Å². The van der Waals surface area contributed by atoms with Crippen LogP contribution in [0.2, 0.25) is 0 Å². The number of H-pyrrole nitrogens is 1. The number of nitrogens with zero attached hydrogens (tertiary/aromatic N) is 2. The summed E-state index contributed by atoms with van der Waals surface area (Å²) in [6.45, 7) is 5.28. The number of aromatic amines is 1. The summed E-state index contributed by atoms with van der Waals surface area (Å²) < 4.78 is 8.06. The maximum absolute atomic E-state index is 10.4. The fraction of sp³-hybridized carbons (Fsp3) is 0.579. The first-order valence-electron chi connectivity index (χ1n) is 9.15. The normalized spacial score (nSPS) is 13.7. The monoisotopic (exact) mass is 363 g/mol. The average Bonchev–Trinajstić information content (AvgIpc) is 3.01. The van der Waals surface area contributed by atoms with E-state index in [1.165, 1.54) is 0 Å². The molecule has 2 rings (SSSR count). The van der Waals surface area contributed by atoms with E-state index in [0.29, 0.717) is 24.4 Å². The first-order valence-corrected chi connectivity index (χ1v) is 9.56. The highest BCUT2D eigenvalue weighted by Gasteiger charge is 2.22. The molecule has 2 aromatic rings. The molecule has 0 saturated carbocycles. The standard InChI is InChI=1S/C19H29N3O2S/c1-3-5-9-15(13-17(23)14-24-12-4-2)18-20-21-19(25)22(18)16-10-7-6-8-11-16/h6-8,10-11,15,17,23H,3-5,9,12-14H2,1-2H3,(H,21,25)/t15-,17-/m0/s1. The molecule has 0 aliphatic rings. The summed E-state index contributed by atoms with van der Waals surface area (Å²) in [5.41, 5.74) is 0.995. The Labute approximate surface area is 155 Å². The lowest BCUT2D eigenvalue weighted by Gasteiger charge is -2.20. The second kappa shape index (κ2) is 10.5. The summed E-state index contributed by atoms with van der Waals surface area (Å²) in [5, 5.41) is 17.8. The van der Waals surface area contributed by atoms with Gasteiger partial charge in [-0.25, -0.2) is 0 Å². The minimum Gasteiger partial charge on any atom is -0.391 e. The fourth-order valence-electron chi connectivity index (χ4n) is 2.97. The minimum absolute atomic E-state index is 0.133. The number of ether oxygens (including phenoxy) is 1. The number of nitrogens with one attached hydrogen (secondary N) is 1. The summed E-state index contributed by atoms with van der Waals surface area (Å²) in [7, 11) is 0. The van der Waals surface area contributed by atoms with E-state index >= 15 is 0 Å². The summed E-state index contributed by atoms with van der Waals surface area (Å²) in [5.74, 6) is 1.02. The third kappa shape index (κ3) is 5.76. The Balaban J connectivity index is 2.22. The van der Waals surface area contributed by atoms with Crippen LogP contribution in [0.1, 0.15) is 57.7 Å². The van der Waals surface area contributed by atoms with Gasteiger partial charge in [-0.3, -0.25) is 9.67 Å². The average molecular weight is 364 g/mol. The third-order valence-corrected chi connectivity index (χ3v) is 4.47. The SMILES string of the molecule is CCCC[C@@H](C[C@H](O)COCCC)c1n[nH]c(=S)n1-c1ccccc1. The van der Waals surface area contributed by atoms with E-state index in [2.05, 4.69) is 24.0 Å². The second-order valence-corrected chi connectivity index (χ2v) is 6.75. The first kappa shape index (κ1) is 19.8. The lowest BCUT2D eigenvalue weighted by atomic mass is 9.94. The van der Waals surface area contributed by atoms with Gasteiger partial charge in [0.25, 0.3) is 0 Å². The Kier molecular flexibility index (Phi) is 8.31. The van der Waals surface area contributed by atoms with Crippen molar-refractivity contribution in [1.82, 2.24) is 14.8 Å². The Morgan fingerprint density at radius 1 is 1.24 bits per heavy atom. The molecule has 0 radical (unpaired) electrons. The van der Waals surface area contributed by atoms with Crippen LogP contribution in [0.25, 0.3) is 5.69 Å². The maximum Gasteiger partial charge on any atom is 0.199 e. The van der Waals surface area contributed by atoms with E-state index in [-0.39, 0.29) is 5.92 Å². The number of para-hydroxylation sites is 1. The van der Waals surface area contributed by atoms with Crippen LogP contribution in [0.15, 0.2) is 30.3 Å². The largest absolute Gasteiger partial charge is 0.391 e.